The summed E-state index contributed by atoms with van der Waals surface area (Å²) in [6.07, 6.45) is 5.31. The number of aliphatic hydroxyl groups is 1. The number of rotatable bonds is 8. The number of ether oxygens (including phenoxy) is 2. The smallest absolute Gasteiger partial charge is 0.257 e. The molecule has 0 bridgehead atoms. The number of carbonyl (C=O) groups is 1. The molecule has 2 aromatic carbocycles. The van der Waals surface area contributed by atoms with Gasteiger partial charge in [0, 0.05) is 36.6 Å². The van der Waals surface area contributed by atoms with Crippen LogP contribution in [-0.2, 0) is 34.4 Å². The predicted octanol–water partition coefficient (Wildman–Crippen LogP) is 4.92. The number of aromatic nitrogens is 3. The normalized spacial score (nSPS) is 21.7. The van der Waals surface area contributed by atoms with E-state index < -0.39 is 29.2 Å². The summed E-state index contributed by atoms with van der Waals surface area (Å²) in [5, 5.41) is 12.3. The Labute approximate surface area is 242 Å². The van der Waals surface area contributed by atoms with E-state index in [0.29, 0.717) is 41.6 Å². The molecular formula is C31H30ClFN4O4. The van der Waals surface area contributed by atoms with Crippen molar-refractivity contribution in [3.63, 3.8) is 0 Å². The van der Waals surface area contributed by atoms with Gasteiger partial charge in [0.05, 0.1) is 48.1 Å². The summed E-state index contributed by atoms with van der Waals surface area (Å²) in [4.78, 5) is 24.7. The average Bonchev–Trinajstić information content (AvgIpc) is 3.71. The molecule has 1 amide bonds. The zero-order valence-corrected chi connectivity index (χ0v) is 23.5. The number of amides is 1. The van der Waals surface area contributed by atoms with Crippen molar-refractivity contribution >= 4 is 17.5 Å². The Morgan fingerprint density at radius 1 is 1.22 bits per heavy atom. The molecule has 0 spiro atoms. The second-order valence-electron chi connectivity index (χ2n) is 10.5. The van der Waals surface area contributed by atoms with E-state index in [9.17, 15) is 9.90 Å². The van der Waals surface area contributed by atoms with Crippen LogP contribution in [0.2, 0.25) is 5.02 Å². The molecule has 1 unspecified atom stereocenters. The van der Waals surface area contributed by atoms with Crippen molar-refractivity contribution in [3.8, 4) is 0 Å². The van der Waals surface area contributed by atoms with Gasteiger partial charge in [-0.1, -0.05) is 36.7 Å². The molecule has 4 aromatic rings. The highest BCUT2D eigenvalue weighted by molar-refractivity contribution is 6.30. The van der Waals surface area contributed by atoms with Gasteiger partial charge in [-0.2, -0.15) is 0 Å². The van der Waals surface area contributed by atoms with Crippen molar-refractivity contribution in [1.82, 2.24) is 19.4 Å². The van der Waals surface area contributed by atoms with Crippen molar-refractivity contribution < 1.29 is 23.8 Å². The first-order valence-corrected chi connectivity index (χ1v) is 13.9. The van der Waals surface area contributed by atoms with Gasteiger partial charge < -0.3 is 19.1 Å². The van der Waals surface area contributed by atoms with Gasteiger partial charge in [0.1, 0.15) is 11.4 Å². The van der Waals surface area contributed by atoms with Gasteiger partial charge in [-0.3, -0.25) is 14.7 Å². The standard InChI is InChI=1S/C31H30ClFN4O4/c1-3-30(39,27-17-36(2)19-35-27)21-14-25-28(26(33)15-21)31(41-24-11-13-40-18-24,20-7-9-22(32)10-8-20)37(29(25)38)16-23-6-4-5-12-34-23/h4-10,12,14-15,17,19,24,39H,3,11,13,16,18H2,1-2H3/t24-,30?,31-/m1/s1. The first kappa shape index (κ1) is 27.5. The van der Waals surface area contributed by atoms with E-state index in [1.54, 1.807) is 79.7 Å². The van der Waals surface area contributed by atoms with Crippen LogP contribution in [0, 0.1) is 5.82 Å². The number of fused-ring (bicyclic) bond motifs is 1. The lowest BCUT2D eigenvalue weighted by molar-refractivity contribution is -0.148. The molecule has 8 nitrogen and oxygen atoms in total. The molecule has 2 aromatic heterocycles. The Kier molecular flexibility index (Phi) is 7.15. The first-order chi connectivity index (χ1) is 19.8. The number of carbonyl (C=O) groups excluding carboxylic acids is 1. The number of halogens is 2. The molecule has 2 aliphatic heterocycles. The van der Waals surface area contributed by atoms with Crippen LogP contribution in [0.4, 0.5) is 4.39 Å². The second-order valence-corrected chi connectivity index (χ2v) is 10.9. The minimum Gasteiger partial charge on any atom is -0.379 e. The van der Waals surface area contributed by atoms with Crippen LogP contribution >= 0.6 is 11.6 Å². The highest BCUT2D eigenvalue weighted by Crippen LogP contribution is 2.50. The van der Waals surface area contributed by atoms with E-state index in [1.807, 2.05) is 6.07 Å². The lowest BCUT2D eigenvalue weighted by Gasteiger charge is -2.41. The summed E-state index contributed by atoms with van der Waals surface area (Å²) in [6.45, 7) is 2.65. The lowest BCUT2D eigenvalue weighted by Crippen LogP contribution is -2.49. The van der Waals surface area contributed by atoms with Crippen LogP contribution in [0.15, 0.2) is 73.3 Å². The molecule has 41 heavy (non-hydrogen) atoms. The summed E-state index contributed by atoms with van der Waals surface area (Å²) in [5.41, 5.74) is -1.32. The molecule has 0 saturated carbocycles. The molecule has 10 heteroatoms. The molecule has 2 aliphatic rings. The van der Waals surface area contributed by atoms with Gasteiger partial charge >= 0.3 is 0 Å². The van der Waals surface area contributed by atoms with Gasteiger partial charge in [-0.25, -0.2) is 9.37 Å². The van der Waals surface area contributed by atoms with E-state index in [1.165, 1.54) is 11.0 Å². The minimum absolute atomic E-state index is 0.0532. The number of imidazole rings is 1. The number of benzene rings is 2. The fraction of sp³-hybridized carbons (Fsp3) is 0.323. The van der Waals surface area contributed by atoms with E-state index in [2.05, 4.69) is 9.97 Å². The predicted molar refractivity (Wildman–Crippen MR) is 150 cm³/mol. The number of nitrogens with zero attached hydrogens (tertiary/aromatic N) is 4. The van der Waals surface area contributed by atoms with Crippen LogP contribution < -0.4 is 0 Å². The van der Waals surface area contributed by atoms with Crippen LogP contribution in [-0.4, -0.2) is 49.8 Å². The van der Waals surface area contributed by atoms with Crippen LogP contribution in [0.1, 0.15) is 58.2 Å². The van der Waals surface area contributed by atoms with E-state index >= 15 is 4.39 Å². The Bertz CT molecular complexity index is 1570. The van der Waals surface area contributed by atoms with Gasteiger partial charge in [-0.15, -0.1) is 0 Å². The molecule has 0 aliphatic carbocycles. The molecule has 1 saturated heterocycles. The zero-order valence-electron chi connectivity index (χ0n) is 22.8. The topological polar surface area (TPSA) is 89.7 Å². The second kappa shape index (κ2) is 10.6. The summed E-state index contributed by atoms with van der Waals surface area (Å²) in [6, 6.07) is 15.2. The zero-order chi connectivity index (χ0) is 28.8. The van der Waals surface area contributed by atoms with Crippen molar-refractivity contribution in [2.45, 2.75) is 43.7 Å². The molecule has 0 radical (unpaired) electrons. The van der Waals surface area contributed by atoms with E-state index in [0.717, 1.165) is 0 Å². The fourth-order valence-corrected chi connectivity index (χ4v) is 5.92. The first-order valence-electron chi connectivity index (χ1n) is 13.5. The van der Waals surface area contributed by atoms with Crippen LogP contribution in [0.3, 0.4) is 0 Å². The van der Waals surface area contributed by atoms with Crippen molar-refractivity contribution in [1.29, 1.82) is 0 Å². The fourth-order valence-electron chi connectivity index (χ4n) is 5.79. The Morgan fingerprint density at radius 2 is 2.02 bits per heavy atom. The SMILES string of the molecule is CCC(O)(c1cc(F)c2c(c1)C(=O)N(Cc1ccccn1)[C@@]2(O[C@@H]1CCOC1)c1ccc(Cl)cc1)c1cn(C)cn1. The number of hydrogen-bond acceptors (Lipinski definition) is 6. The van der Waals surface area contributed by atoms with Crippen molar-refractivity contribution in [3.05, 3.63) is 118 Å². The summed E-state index contributed by atoms with van der Waals surface area (Å²) >= 11 is 6.25. The minimum atomic E-state index is -1.63. The van der Waals surface area contributed by atoms with E-state index in [4.69, 9.17) is 21.1 Å². The molecule has 3 atom stereocenters. The lowest BCUT2D eigenvalue weighted by atomic mass is 9.84. The molecule has 1 fully saturated rings. The summed E-state index contributed by atoms with van der Waals surface area (Å²) < 4.78 is 30.8. The van der Waals surface area contributed by atoms with Crippen LogP contribution in [0.25, 0.3) is 0 Å². The van der Waals surface area contributed by atoms with Gasteiger partial charge in [0.2, 0.25) is 5.72 Å². The quantitative estimate of drug-likeness (QED) is 0.320. The third-order valence-corrected chi connectivity index (χ3v) is 8.16. The monoisotopic (exact) mass is 576 g/mol. The number of aryl methyl sites for hydroxylation is 1. The third-order valence-electron chi connectivity index (χ3n) is 7.91. The largest absolute Gasteiger partial charge is 0.379 e. The molecule has 4 heterocycles. The highest BCUT2D eigenvalue weighted by Gasteiger charge is 2.56. The maximum absolute atomic E-state index is 16.7. The Hall–Kier alpha value is -3.63. The highest BCUT2D eigenvalue weighted by atomic mass is 35.5. The number of hydrogen-bond donors (Lipinski definition) is 1. The van der Waals surface area contributed by atoms with Gasteiger partial charge in [0.15, 0.2) is 0 Å². The maximum atomic E-state index is 16.7. The average molecular weight is 577 g/mol. The molecule has 212 valence electrons. The Morgan fingerprint density at radius 3 is 2.66 bits per heavy atom. The van der Waals surface area contributed by atoms with Crippen LogP contribution in [0.5, 0.6) is 0 Å². The summed E-state index contributed by atoms with van der Waals surface area (Å²) in [5.74, 6) is -1.12. The van der Waals surface area contributed by atoms with E-state index in [-0.39, 0.29) is 29.7 Å². The van der Waals surface area contributed by atoms with Crippen molar-refractivity contribution in [2.24, 2.45) is 7.05 Å². The van der Waals surface area contributed by atoms with Crippen molar-refractivity contribution in [2.75, 3.05) is 13.2 Å². The molecular weight excluding hydrogens is 547 g/mol. The Balaban J connectivity index is 1.59. The summed E-state index contributed by atoms with van der Waals surface area (Å²) in [7, 11) is 1.79. The van der Waals surface area contributed by atoms with Gasteiger partial charge in [-0.05, 0) is 54.8 Å². The molecule has 6 rings (SSSR count). The van der Waals surface area contributed by atoms with Gasteiger partial charge in [0.25, 0.3) is 5.91 Å². The number of pyridine rings is 1. The molecule has 1 N–H and O–H groups in total. The third kappa shape index (κ3) is 4.63. The maximum Gasteiger partial charge on any atom is 0.257 e.